The molecule has 0 aliphatic heterocycles. The highest BCUT2D eigenvalue weighted by Crippen LogP contribution is 2.23. The van der Waals surface area contributed by atoms with Crippen LogP contribution in [0.4, 0.5) is 4.79 Å². The van der Waals surface area contributed by atoms with Crippen LogP contribution in [0.15, 0.2) is 0 Å². The van der Waals surface area contributed by atoms with Gasteiger partial charge in [-0.25, -0.2) is 4.79 Å². The van der Waals surface area contributed by atoms with E-state index in [-0.39, 0.29) is 6.09 Å². The smallest absolute Gasteiger partial charge is 0.409 e. The maximum absolute atomic E-state index is 11.5. The molecule has 3 nitrogen and oxygen atoms in total. The van der Waals surface area contributed by atoms with E-state index >= 15 is 0 Å². The molecule has 0 radical (unpaired) electrons. The minimum absolute atomic E-state index is 0.142. The molecule has 1 saturated carbocycles. The second-order valence-electron chi connectivity index (χ2n) is 3.42. The zero-order chi connectivity index (χ0) is 9.68. The average molecular weight is 185 g/mol. The van der Waals surface area contributed by atoms with Gasteiger partial charge in [0.1, 0.15) is 0 Å². The van der Waals surface area contributed by atoms with E-state index < -0.39 is 0 Å². The Balaban J connectivity index is 2.44. The zero-order valence-electron chi connectivity index (χ0n) is 8.58. The summed E-state index contributed by atoms with van der Waals surface area (Å²) in [4.78, 5) is 13.3. The van der Waals surface area contributed by atoms with E-state index in [0.717, 1.165) is 19.4 Å². The van der Waals surface area contributed by atoms with Crippen molar-refractivity contribution in [2.75, 3.05) is 13.2 Å². The molecule has 0 aromatic rings. The molecular formula is C10H19NO2. The summed E-state index contributed by atoms with van der Waals surface area (Å²) in [5.41, 5.74) is 0. The standard InChI is InChI=1S/C10H19NO2/c1-3-11(10(12)13-4-2)9-7-5-6-8-9/h9H,3-8H2,1-2H3. The highest BCUT2D eigenvalue weighted by molar-refractivity contribution is 5.68. The van der Waals surface area contributed by atoms with Crippen LogP contribution in [0.25, 0.3) is 0 Å². The molecule has 0 atom stereocenters. The minimum atomic E-state index is -0.142. The number of nitrogens with zero attached hydrogens (tertiary/aromatic N) is 1. The molecule has 0 heterocycles. The van der Waals surface area contributed by atoms with Crippen LogP contribution in [0, 0.1) is 0 Å². The number of amides is 1. The monoisotopic (exact) mass is 185 g/mol. The lowest BCUT2D eigenvalue weighted by Crippen LogP contribution is -2.38. The first-order valence-electron chi connectivity index (χ1n) is 5.23. The summed E-state index contributed by atoms with van der Waals surface area (Å²) < 4.78 is 4.99. The third-order valence-corrected chi connectivity index (χ3v) is 2.61. The predicted octanol–water partition coefficient (Wildman–Crippen LogP) is 2.41. The Labute approximate surface area is 80.1 Å². The molecule has 0 unspecified atom stereocenters. The molecule has 0 saturated heterocycles. The van der Waals surface area contributed by atoms with Gasteiger partial charge < -0.3 is 9.64 Å². The first-order chi connectivity index (χ1) is 6.29. The number of ether oxygens (including phenoxy) is 1. The van der Waals surface area contributed by atoms with E-state index in [1.54, 1.807) is 0 Å². The zero-order valence-corrected chi connectivity index (χ0v) is 8.58. The summed E-state index contributed by atoms with van der Waals surface area (Å²) in [6, 6.07) is 0.434. The molecule has 0 bridgehead atoms. The number of hydrogen-bond donors (Lipinski definition) is 0. The van der Waals surface area contributed by atoms with Crippen LogP contribution in [0.1, 0.15) is 39.5 Å². The van der Waals surface area contributed by atoms with Gasteiger partial charge in [0.05, 0.1) is 6.61 Å². The van der Waals surface area contributed by atoms with Crippen molar-refractivity contribution >= 4 is 6.09 Å². The molecule has 0 spiro atoms. The van der Waals surface area contributed by atoms with Crippen LogP contribution in [-0.4, -0.2) is 30.2 Å². The van der Waals surface area contributed by atoms with Crippen molar-refractivity contribution in [1.29, 1.82) is 0 Å². The molecule has 76 valence electrons. The molecule has 1 aliphatic rings. The molecule has 3 heteroatoms. The average Bonchev–Trinajstić information content (AvgIpc) is 2.59. The fraction of sp³-hybridized carbons (Fsp3) is 0.900. The lowest BCUT2D eigenvalue weighted by molar-refractivity contribution is 0.0934. The molecule has 0 aromatic heterocycles. The largest absolute Gasteiger partial charge is 0.450 e. The first-order valence-corrected chi connectivity index (χ1v) is 5.23. The van der Waals surface area contributed by atoms with Crippen LogP contribution >= 0.6 is 0 Å². The van der Waals surface area contributed by atoms with Gasteiger partial charge in [0.25, 0.3) is 0 Å². The maximum atomic E-state index is 11.5. The van der Waals surface area contributed by atoms with Crippen molar-refractivity contribution in [2.24, 2.45) is 0 Å². The summed E-state index contributed by atoms with van der Waals surface area (Å²) in [5, 5.41) is 0. The molecule has 1 fully saturated rings. The summed E-state index contributed by atoms with van der Waals surface area (Å²) in [5.74, 6) is 0. The van der Waals surface area contributed by atoms with Gasteiger partial charge in [0, 0.05) is 12.6 Å². The lowest BCUT2D eigenvalue weighted by Gasteiger charge is -2.26. The SMILES string of the molecule is CCOC(=O)N(CC)C1CCCC1. The summed E-state index contributed by atoms with van der Waals surface area (Å²) >= 11 is 0. The third kappa shape index (κ3) is 2.61. The van der Waals surface area contributed by atoms with E-state index in [0.29, 0.717) is 12.6 Å². The van der Waals surface area contributed by atoms with Gasteiger partial charge in [-0.3, -0.25) is 0 Å². The molecule has 1 aliphatic carbocycles. The van der Waals surface area contributed by atoms with Gasteiger partial charge in [0.15, 0.2) is 0 Å². The van der Waals surface area contributed by atoms with E-state index in [9.17, 15) is 4.79 Å². The van der Waals surface area contributed by atoms with Gasteiger partial charge in [0.2, 0.25) is 0 Å². The first kappa shape index (κ1) is 10.4. The predicted molar refractivity (Wildman–Crippen MR) is 51.7 cm³/mol. The Morgan fingerprint density at radius 3 is 2.46 bits per heavy atom. The highest BCUT2D eigenvalue weighted by Gasteiger charge is 2.25. The van der Waals surface area contributed by atoms with Crippen LogP contribution in [0.2, 0.25) is 0 Å². The second kappa shape index (κ2) is 5.10. The van der Waals surface area contributed by atoms with Crippen molar-refractivity contribution in [3.05, 3.63) is 0 Å². The Morgan fingerprint density at radius 2 is 2.00 bits per heavy atom. The fourth-order valence-electron chi connectivity index (χ4n) is 1.96. The number of carbonyl (C=O) groups excluding carboxylic acids is 1. The van der Waals surface area contributed by atoms with Crippen molar-refractivity contribution in [1.82, 2.24) is 4.90 Å². The Bertz CT molecular complexity index is 164. The molecule has 1 amide bonds. The second-order valence-corrected chi connectivity index (χ2v) is 3.42. The quantitative estimate of drug-likeness (QED) is 0.675. The van der Waals surface area contributed by atoms with Crippen molar-refractivity contribution < 1.29 is 9.53 Å². The van der Waals surface area contributed by atoms with E-state index in [4.69, 9.17) is 4.74 Å². The van der Waals surface area contributed by atoms with Crippen molar-refractivity contribution in [2.45, 2.75) is 45.6 Å². The van der Waals surface area contributed by atoms with Crippen molar-refractivity contribution in [3.8, 4) is 0 Å². The minimum Gasteiger partial charge on any atom is -0.450 e. The Morgan fingerprint density at radius 1 is 1.38 bits per heavy atom. The molecule has 13 heavy (non-hydrogen) atoms. The molecule has 1 rings (SSSR count). The van der Waals surface area contributed by atoms with E-state index in [2.05, 4.69) is 0 Å². The summed E-state index contributed by atoms with van der Waals surface area (Å²) in [6.07, 6.45) is 4.65. The van der Waals surface area contributed by atoms with E-state index in [1.165, 1.54) is 12.8 Å². The third-order valence-electron chi connectivity index (χ3n) is 2.61. The molecule has 0 N–H and O–H groups in total. The van der Waals surface area contributed by atoms with Crippen molar-refractivity contribution in [3.63, 3.8) is 0 Å². The highest BCUT2D eigenvalue weighted by atomic mass is 16.6. The van der Waals surface area contributed by atoms with Gasteiger partial charge in [-0.2, -0.15) is 0 Å². The van der Waals surface area contributed by atoms with Crippen LogP contribution < -0.4 is 0 Å². The maximum Gasteiger partial charge on any atom is 0.409 e. The summed E-state index contributed by atoms with van der Waals surface area (Å²) in [6.45, 7) is 5.10. The van der Waals surface area contributed by atoms with Crippen LogP contribution in [0.3, 0.4) is 0 Å². The number of rotatable bonds is 3. The Hall–Kier alpha value is -0.730. The number of hydrogen-bond acceptors (Lipinski definition) is 2. The summed E-state index contributed by atoms with van der Waals surface area (Å²) in [7, 11) is 0. The molecular weight excluding hydrogens is 166 g/mol. The normalized spacial score (nSPS) is 17.4. The number of carbonyl (C=O) groups is 1. The van der Waals surface area contributed by atoms with Gasteiger partial charge in [-0.05, 0) is 26.7 Å². The van der Waals surface area contributed by atoms with Crippen LogP contribution in [-0.2, 0) is 4.74 Å². The Kier molecular flexibility index (Phi) is 4.06. The van der Waals surface area contributed by atoms with Gasteiger partial charge >= 0.3 is 6.09 Å². The van der Waals surface area contributed by atoms with Gasteiger partial charge in [-0.1, -0.05) is 12.8 Å². The molecule has 0 aromatic carbocycles. The fourth-order valence-corrected chi connectivity index (χ4v) is 1.96. The van der Waals surface area contributed by atoms with E-state index in [1.807, 2.05) is 18.7 Å². The van der Waals surface area contributed by atoms with Crippen LogP contribution in [0.5, 0.6) is 0 Å². The topological polar surface area (TPSA) is 29.5 Å². The lowest BCUT2D eigenvalue weighted by atomic mass is 10.2. The van der Waals surface area contributed by atoms with Gasteiger partial charge in [-0.15, -0.1) is 0 Å².